The van der Waals surface area contributed by atoms with Crippen molar-refractivity contribution in [1.29, 1.82) is 0 Å². The van der Waals surface area contributed by atoms with Crippen molar-refractivity contribution in [3.8, 4) is 11.1 Å². The van der Waals surface area contributed by atoms with Gasteiger partial charge in [-0.1, -0.05) is 24.3 Å². The molecule has 0 spiro atoms. The Morgan fingerprint density at radius 1 is 1.07 bits per heavy atom. The lowest BCUT2D eigenvalue weighted by Gasteiger charge is -2.34. The van der Waals surface area contributed by atoms with E-state index in [1.165, 1.54) is 4.90 Å². The quantitative estimate of drug-likeness (QED) is 0.479. The third kappa shape index (κ3) is 6.05. The van der Waals surface area contributed by atoms with Gasteiger partial charge >= 0.3 is 0 Å². The van der Waals surface area contributed by atoms with Crippen LogP contribution in [0.5, 0.6) is 0 Å². The Hall–Kier alpha value is -1.39. The number of benzene rings is 2. The number of alkyl halides is 1. The average Bonchev–Trinajstić information content (AvgIpc) is 2.66. The monoisotopic (exact) mass is 403 g/mol. The van der Waals surface area contributed by atoms with E-state index in [-0.39, 0.29) is 5.82 Å². The molecule has 1 heterocycles. The van der Waals surface area contributed by atoms with E-state index in [1.54, 1.807) is 31.7 Å². The molecule has 4 heteroatoms. The van der Waals surface area contributed by atoms with Crippen molar-refractivity contribution < 1.29 is 8.78 Å². The van der Waals surface area contributed by atoms with Gasteiger partial charge in [0.1, 0.15) is 11.5 Å². The number of hydrogen-bond acceptors (Lipinski definition) is 2. The number of nitrogens with zero attached hydrogens (tertiary/aromatic N) is 1. The first-order valence-corrected chi connectivity index (χ1v) is 11.4. The molecule has 1 aliphatic rings. The second kappa shape index (κ2) is 9.41. The molecule has 0 N–H and O–H groups in total. The summed E-state index contributed by atoms with van der Waals surface area (Å²) in [5.41, 5.74) is 1.53. The van der Waals surface area contributed by atoms with Crippen molar-refractivity contribution in [2.75, 3.05) is 25.9 Å². The van der Waals surface area contributed by atoms with Gasteiger partial charge in [0.15, 0.2) is 0 Å². The number of hydrogen-bond donors (Lipinski definition) is 0. The average molecular weight is 404 g/mol. The van der Waals surface area contributed by atoms with Crippen LogP contribution in [0.3, 0.4) is 0 Å². The van der Waals surface area contributed by atoms with E-state index in [0.717, 1.165) is 49.9 Å². The predicted octanol–water partition coefficient (Wildman–Crippen LogP) is 6.61. The van der Waals surface area contributed by atoms with Crippen molar-refractivity contribution >= 4 is 11.8 Å². The van der Waals surface area contributed by atoms with Gasteiger partial charge in [0.2, 0.25) is 0 Å². The van der Waals surface area contributed by atoms with Crippen LogP contribution in [-0.2, 0) is 6.42 Å². The molecule has 0 atom stereocenters. The maximum absolute atomic E-state index is 14.6. The van der Waals surface area contributed by atoms with Crippen LogP contribution in [0.15, 0.2) is 47.4 Å². The first-order valence-electron chi connectivity index (χ1n) is 10.2. The molecular formula is C24H31F2NS. The Morgan fingerprint density at radius 2 is 1.75 bits per heavy atom. The van der Waals surface area contributed by atoms with Crippen molar-refractivity contribution in [2.24, 2.45) is 5.92 Å². The SMILES string of the molecule is CSc1ccc(-c2ccc(CCC3CCN(CC(C)(C)F)CC3)cc2F)cc1. The molecule has 0 unspecified atom stereocenters. The summed E-state index contributed by atoms with van der Waals surface area (Å²) in [6.07, 6.45) is 6.24. The molecule has 0 radical (unpaired) electrons. The van der Waals surface area contributed by atoms with Gasteiger partial charge in [-0.05, 0) is 94.1 Å². The Labute approximate surface area is 172 Å². The molecule has 2 aromatic rings. The Balaban J connectivity index is 1.52. The van der Waals surface area contributed by atoms with E-state index >= 15 is 0 Å². The summed E-state index contributed by atoms with van der Waals surface area (Å²) < 4.78 is 28.4. The lowest BCUT2D eigenvalue weighted by molar-refractivity contribution is 0.0943. The van der Waals surface area contributed by atoms with Crippen LogP contribution in [-0.4, -0.2) is 36.5 Å². The van der Waals surface area contributed by atoms with Gasteiger partial charge in [0.05, 0.1) is 0 Å². The molecule has 28 heavy (non-hydrogen) atoms. The second-order valence-corrected chi connectivity index (χ2v) is 9.40. The highest BCUT2D eigenvalue weighted by molar-refractivity contribution is 7.98. The van der Waals surface area contributed by atoms with Crippen LogP contribution in [0.2, 0.25) is 0 Å². The minimum Gasteiger partial charge on any atom is -0.300 e. The highest BCUT2D eigenvalue weighted by Gasteiger charge is 2.25. The summed E-state index contributed by atoms with van der Waals surface area (Å²) in [4.78, 5) is 3.41. The van der Waals surface area contributed by atoms with E-state index < -0.39 is 5.67 Å². The van der Waals surface area contributed by atoms with Gasteiger partial charge in [0.25, 0.3) is 0 Å². The molecule has 1 saturated heterocycles. The highest BCUT2D eigenvalue weighted by Crippen LogP contribution is 2.28. The maximum atomic E-state index is 14.6. The maximum Gasteiger partial charge on any atom is 0.131 e. The lowest BCUT2D eigenvalue weighted by atomic mass is 9.89. The molecule has 1 aliphatic heterocycles. The first-order chi connectivity index (χ1) is 13.3. The molecule has 152 valence electrons. The van der Waals surface area contributed by atoms with Gasteiger partial charge < -0.3 is 4.90 Å². The summed E-state index contributed by atoms with van der Waals surface area (Å²) >= 11 is 1.69. The number of rotatable bonds is 7. The predicted molar refractivity (Wildman–Crippen MR) is 116 cm³/mol. The fourth-order valence-corrected chi connectivity index (χ4v) is 4.46. The zero-order valence-corrected chi connectivity index (χ0v) is 18.0. The van der Waals surface area contributed by atoms with Gasteiger partial charge in [-0.25, -0.2) is 8.78 Å². The molecule has 3 rings (SSSR count). The van der Waals surface area contributed by atoms with Crippen molar-refractivity contribution in [1.82, 2.24) is 4.90 Å². The second-order valence-electron chi connectivity index (χ2n) is 8.52. The van der Waals surface area contributed by atoms with E-state index in [9.17, 15) is 8.78 Å². The Bertz CT molecular complexity index is 759. The number of halogens is 2. The van der Waals surface area contributed by atoms with Crippen LogP contribution >= 0.6 is 11.8 Å². The Kier molecular flexibility index (Phi) is 7.16. The molecule has 0 saturated carbocycles. The van der Waals surface area contributed by atoms with E-state index in [0.29, 0.717) is 18.0 Å². The largest absolute Gasteiger partial charge is 0.300 e. The summed E-state index contributed by atoms with van der Waals surface area (Å²) in [5, 5.41) is 0. The molecule has 1 nitrogen and oxygen atoms in total. The first kappa shape index (κ1) is 21.3. The smallest absolute Gasteiger partial charge is 0.131 e. The molecule has 2 aromatic carbocycles. The van der Waals surface area contributed by atoms with E-state index in [4.69, 9.17) is 0 Å². The molecule has 0 aromatic heterocycles. The molecule has 1 fully saturated rings. The topological polar surface area (TPSA) is 3.24 Å². The van der Waals surface area contributed by atoms with E-state index in [2.05, 4.69) is 11.0 Å². The number of aryl methyl sites for hydroxylation is 1. The minimum atomic E-state index is -1.12. The Morgan fingerprint density at radius 3 is 2.32 bits per heavy atom. The zero-order valence-electron chi connectivity index (χ0n) is 17.2. The van der Waals surface area contributed by atoms with Gasteiger partial charge in [0, 0.05) is 17.0 Å². The van der Waals surface area contributed by atoms with Crippen molar-refractivity contribution in [2.45, 2.75) is 50.1 Å². The normalized spacial score (nSPS) is 16.5. The molecule has 0 amide bonds. The number of piperidine rings is 1. The number of thioether (sulfide) groups is 1. The fourth-order valence-electron chi connectivity index (χ4n) is 4.05. The summed E-state index contributed by atoms with van der Waals surface area (Å²) in [5.74, 6) is 0.509. The van der Waals surface area contributed by atoms with Crippen LogP contribution in [0.4, 0.5) is 8.78 Å². The minimum absolute atomic E-state index is 0.144. The van der Waals surface area contributed by atoms with Crippen LogP contribution in [0, 0.1) is 11.7 Å². The fraction of sp³-hybridized carbons (Fsp3) is 0.500. The molecular weight excluding hydrogens is 372 g/mol. The standard InChI is InChI=1S/C24H31F2NS/c1-24(2,26)17-27-14-12-18(13-15-27)4-5-19-6-11-22(23(25)16-19)20-7-9-21(28-3)10-8-20/h6-11,16,18H,4-5,12-15,17H2,1-3H3. The van der Waals surface area contributed by atoms with E-state index in [1.807, 2.05) is 36.6 Å². The van der Waals surface area contributed by atoms with Gasteiger partial charge in [-0.15, -0.1) is 11.8 Å². The summed E-state index contributed by atoms with van der Waals surface area (Å²) in [7, 11) is 0. The van der Waals surface area contributed by atoms with Crippen molar-refractivity contribution in [3.05, 3.63) is 53.8 Å². The van der Waals surface area contributed by atoms with Gasteiger partial charge in [-0.2, -0.15) is 0 Å². The summed E-state index contributed by atoms with van der Waals surface area (Å²) in [6.45, 7) is 5.75. The van der Waals surface area contributed by atoms with Crippen molar-refractivity contribution in [3.63, 3.8) is 0 Å². The van der Waals surface area contributed by atoms with Gasteiger partial charge in [-0.3, -0.25) is 0 Å². The van der Waals surface area contributed by atoms with Crippen LogP contribution in [0.25, 0.3) is 11.1 Å². The summed E-state index contributed by atoms with van der Waals surface area (Å²) in [6, 6.07) is 13.7. The highest BCUT2D eigenvalue weighted by atomic mass is 32.2. The molecule has 0 aliphatic carbocycles. The number of likely N-dealkylation sites (tertiary alicyclic amines) is 1. The third-order valence-corrected chi connectivity index (χ3v) is 6.33. The van der Waals surface area contributed by atoms with Crippen LogP contribution in [0.1, 0.15) is 38.7 Å². The van der Waals surface area contributed by atoms with Crippen LogP contribution < -0.4 is 0 Å². The zero-order chi connectivity index (χ0) is 20.1. The molecule has 0 bridgehead atoms. The lowest BCUT2D eigenvalue weighted by Crippen LogP contribution is -2.41. The third-order valence-electron chi connectivity index (χ3n) is 5.58.